The van der Waals surface area contributed by atoms with Crippen molar-refractivity contribution in [3.8, 4) is 0 Å². The Hall–Kier alpha value is -1.70. The van der Waals surface area contributed by atoms with Crippen LogP contribution in [0.15, 0.2) is 0 Å². The zero-order valence-corrected chi connectivity index (χ0v) is 31.1. The maximum atomic E-state index is 12.9. The summed E-state index contributed by atoms with van der Waals surface area (Å²) in [6.07, 6.45) is 34.9. The monoisotopic (exact) mass is 673 g/mol. The van der Waals surface area contributed by atoms with Crippen LogP contribution in [0.5, 0.6) is 0 Å². The van der Waals surface area contributed by atoms with Crippen LogP contribution < -0.4 is 27.0 Å². The quantitative estimate of drug-likeness (QED) is 0.0231. The van der Waals surface area contributed by atoms with Gasteiger partial charge in [-0.25, -0.2) is 4.79 Å². The predicted octanol–water partition coefficient (Wildman–Crippen LogP) is 9.64. The van der Waals surface area contributed by atoms with Gasteiger partial charge in [0.1, 0.15) is 6.04 Å². The first kappa shape index (κ1) is 46.4. The molecule has 0 unspecified atom stereocenters. The number of nitrogens with two attached hydrogens (primary N) is 1. The molecular formula is C37H77ClN6O2. The summed E-state index contributed by atoms with van der Waals surface area (Å²) in [6, 6.07) is -0.873. The number of carbonyl (C=O) groups excluding carboxylic acids is 2. The van der Waals surface area contributed by atoms with Crippen LogP contribution >= 0.6 is 12.4 Å². The number of hydrogen-bond donors (Lipinski definition) is 6. The first-order valence-electron chi connectivity index (χ1n) is 19.4. The summed E-state index contributed by atoms with van der Waals surface area (Å²) in [5.41, 5.74) is 5.37. The molecule has 8 nitrogen and oxygen atoms in total. The maximum Gasteiger partial charge on any atom is 0.315 e. The van der Waals surface area contributed by atoms with E-state index in [1.807, 2.05) is 0 Å². The molecule has 0 rings (SSSR count). The van der Waals surface area contributed by atoms with E-state index in [0.717, 1.165) is 25.7 Å². The Bertz CT molecular complexity index is 682. The number of rotatable bonds is 34. The largest absolute Gasteiger partial charge is 0.370 e. The van der Waals surface area contributed by atoms with Crippen LogP contribution in [0.4, 0.5) is 4.79 Å². The molecular weight excluding hydrogens is 596 g/mol. The topological polar surface area (TPSA) is 132 Å². The molecule has 9 heteroatoms. The molecule has 0 aliphatic heterocycles. The van der Waals surface area contributed by atoms with Crippen molar-refractivity contribution in [2.45, 2.75) is 200 Å². The summed E-state index contributed by atoms with van der Waals surface area (Å²) in [5.74, 6) is -0.215. The van der Waals surface area contributed by atoms with Crippen LogP contribution in [0.2, 0.25) is 0 Å². The summed E-state index contributed by atoms with van der Waals surface area (Å²) in [4.78, 5) is 25.4. The lowest BCUT2D eigenvalue weighted by Crippen LogP contribution is -2.50. The van der Waals surface area contributed by atoms with Crippen molar-refractivity contribution in [2.75, 3.05) is 19.6 Å². The van der Waals surface area contributed by atoms with Crippen molar-refractivity contribution in [1.82, 2.24) is 21.3 Å². The second kappa shape index (κ2) is 37.8. The second-order valence-electron chi connectivity index (χ2n) is 13.2. The summed E-state index contributed by atoms with van der Waals surface area (Å²) in [5, 5.41) is 18.9. The molecule has 0 aromatic rings. The molecule has 0 radical (unpaired) electrons. The Balaban J connectivity index is 0. The standard InChI is InChI=1S/C37H76N6O2.ClH/c1-3-5-7-9-11-13-15-16-17-18-19-20-22-24-26-28-32-42-37(45)43-34(30-29-33-41-36(38)39)35(44)40-31-27-25-23-21-14-12-10-8-6-4-2;/h34H,3-33H2,1-2H3,(H,40,44)(H4,38,39,41)(H2,42,43,45);1H/t34-;/m0./s1. The molecule has 7 N–H and O–H groups in total. The van der Waals surface area contributed by atoms with Crippen LogP contribution in [-0.4, -0.2) is 43.6 Å². The van der Waals surface area contributed by atoms with E-state index in [1.54, 1.807) is 0 Å². The number of hydrogen-bond acceptors (Lipinski definition) is 3. The molecule has 3 amide bonds. The number of nitrogens with one attached hydrogen (secondary N) is 5. The minimum Gasteiger partial charge on any atom is -0.370 e. The molecule has 0 aliphatic carbocycles. The molecule has 0 aromatic heterocycles. The first-order chi connectivity index (χ1) is 22.0. The van der Waals surface area contributed by atoms with Gasteiger partial charge in [-0.15, -0.1) is 12.4 Å². The van der Waals surface area contributed by atoms with Gasteiger partial charge >= 0.3 is 6.03 Å². The predicted molar refractivity (Wildman–Crippen MR) is 201 cm³/mol. The van der Waals surface area contributed by atoms with Crippen LogP contribution in [0.25, 0.3) is 0 Å². The van der Waals surface area contributed by atoms with E-state index >= 15 is 0 Å². The van der Waals surface area contributed by atoms with Gasteiger partial charge < -0.3 is 27.0 Å². The van der Waals surface area contributed by atoms with Gasteiger partial charge in [0, 0.05) is 19.6 Å². The molecule has 0 bridgehead atoms. The lowest BCUT2D eigenvalue weighted by Gasteiger charge is -2.19. The van der Waals surface area contributed by atoms with Crippen molar-refractivity contribution >= 4 is 30.3 Å². The molecule has 0 aliphatic rings. The summed E-state index contributed by atoms with van der Waals surface area (Å²) in [6.45, 7) is 6.29. The van der Waals surface area contributed by atoms with Crippen molar-refractivity contribution in [3.05, 3.63) is 0 Å². The summed E-state index contributed by atoms with van der Waals surface area (Å²) < 4.78 is 0. The maximum absolute atomic E-state index is 12.9. The highest BCUT2D eigenvalue weighted by molar-refractivity contribution is 5.87. The molecule has 0 heterocycles. The Kier molecular flexibility index (Phi) is 38.1. The number of halogens is 1. The third-order valence-electron chi connectivity index (χ3n) is 8.75. The van der Waals surface area contributed by atoms with Crippen LogP contribution in [0.3, 0.4) is 0 Å². The van der Waals surface area contributed by atoms with Gasteiger partial charge in [-0.2, -0.15) is 0 Å². The van der Waals surface area contributed by atoms with E-state index < -0.39 is 6.04 Å². The first-order valence-corrected chi connectivity index (χ1v) is 19.4. The van der Waals surface area contributed by atoms with Gasteiger partial charge in [-0.05, 0) is 25.7 Å². The Labute approximate surface area is 291 Å². The van der Waals surface area contributed by atoms with E-state index in [0.29, 0.717) is 32.5 Å². The number of amides is 3. The molecule has 0 aromatic carbocycles. The van der Waals surface area contributed by atoms with Gasteiger partial charge in [0.15, 0.2) is 5.96 Å². The minimum atomic E-state index is -0.590. The average Bonchev–Trinajstić information content (AvgIpc) is 3.02. The lowest BCUT2D eigenvalue weighted by molar-refractivity contribution is -0.123. The molecule has 0 fully saturated rings. The van der Waals surface area contributed by atoms with Gasteiger partial charge in [0.05, 0.1) is 0 Å². The summed E-state index contributed by atoms with van der Waals surface area (Å²) >= 11 is 0. The van der Waals surface area contributed by atoms with Gasteiger partial charge in [0.2, 0.25) is 5.91 Å². The Morgan fingerprint density at radius 2 is 0.826 bits per heavy atom. The van der Waals surface area contributed by atoms with Crippen molar-refractivity contribution in [3.63, 3.8) is 0 Å². The SMILES string of the molecule is CCCCCCCCCCCCCCCCCCNC(=O)N[C@@H](CCCNC(=N)N)C(=O)NCCCCCCCCCCCC.Cl. The van der Waals surface area contributed by atoms with Gasteiger partial charge in [-0.1, -0.05) is 168 Å². The van der Waals surface area contributed by atoms with Crippen molar-refractivity contribution in [2.24, 2.45) is 5.73 Å². The highest BCUT2D eigenvalue weighted by Gasteiger charge is 2.20. The number of unbranched alkanes of at least 4 members (excludes halogenated alkanes) is 24. The normalized spacial score (nSPS) is 11.4. The zero-order chi connectivity index (χ0) is 33.1. The Morgan fingerprint density at radius 3 is 1.20 bits per heavy atom. The molecule has 0 saturated heterocycles. The van der Waals surface area contributed by atoms with Crippen LogP contribution in [0.1, 0.15) is 194 Å². The highest BCUT2D eigenvalue weighted by atomic mass is 35.5. The molecule has 46 heavy (non-hydrogen) atoms. The van der Waals surface area contributed by atoms with Crippen molar-refractivity contribution in [1.29, 1.82) is 5.41 Å². The number of urea groups is 1. The number of guanidine groups is 1. The summed E-state index contributed by atoms with van der Waals surface area (Å²) in [7, 11) is 0. The molecule has 1 atom stereocenters. The van der Waals surface area contributed by atoms with Gasteiger partial charge in [0.25, 0.3) is 0 Å². The third-order valence-corrected chi connectivity index (χ3v) is 8.75. The fourth-order valence-electron chi connectivity index (χ4n) is 5.83. The van der Waals surface area contributed by atoms with Crippen LogP contribution in [-0.2, 0) is 4.79 Å². The van der Waals surface area contributed by atoms with E-state index in [2.05, 4.69) is 35.1 Å². The fourth-order valence-corrected chi connectivity index (χ4v) is 5.83. The Morgan fingerprint density at radius 1 is 0.500 bits per heavy atom. The average molecular weight is 674 g/mol. The smallest absolute Gasteiger partial charge is 0.315 e. The molecule has 0 spiro atoms. The van der Waals surface area contributed by atoms with Crippen molar-refractivity contribution < 1.29 is 9.59 Å². The minimum absolute atomic E-state index is 0. The molecule has 274 valence electrons. The number of carbonyl (C=O) groups is 2. The van der Waals surface area contributed by atoms with E-state index in [1.165, 1.54) is 141 Å². The lowest BCUT2D eigenvalue weighted by atomic mass is 10.0. The zero-order valence-electron chi connectivity index (χ0n) is 30.3. The van der Waals surface area contributed by atoms with E-state index in [-0.39, 0.29) is 30.3 Å². The third kappa shape index (κ3) is 35.2. The highest BCUT2D eigenvalue weighted by Crippen LogP contribution is 2.14. The van der Waals surface area contributed by atoms with E-state index in [9.17, 15) is 9.59 Å². The van der Waals surface area contributed by atoms with Crippen LogP contribution in [0, 0.1) is 5.41 Å². The second-order valence-corrected chi connectivity index (χ2v) is 13.2. The molecule has 0 saturated carbocycles. The fraction of sp³-hybridized carbons (Fsp3) is 0.919. The van der Waals surface area contributed by atoms with E-state index in [4.69, 9.17) is 11.1 Å². The van der Waals surface area contributed by atoms with Gasteiger partial charge in [-0.3, -0.25) is 10.2 Å².